The minimum absolute atomic E-state index is 0.0845. The molecule has 1 heterocycles. The highest BCUT2D eigenvalue weighted by atomic mass is 16.5. The molecular weight excluding hydrogens is 338 g/mol. The Morgan fingerprint density at radius 2 is 1.63 bits per heavy atom. The van der Waals surface area contributed by atoms with Crippen LogP contribution in [0.2, 0.25) is 0 Å². The number of hydrogen-bond acceptors (Lipinski definition) is 3. The van der Waals surface area contributed by atoms with Gasteiger partial charge in [0.15, 0.2) is 0 Å². The number of ether oxygens (including phenoxy) is 1. The molecule has 0 spiro atoms. The zero-order valence-corrected chi connectivity index (χ0v) is 15.5. The zero-order valence-electron chi connectivity index (χ0n) is 15.5. The molecule has 4 rings (SSSR count). The lowest BCUT2D eigenvalue weighted by molar-refractivity contribution is -0.155. The van der Waals surface area contributed by atoms with E-state index in [1.54, 1.807) is 0 Å². The van der Waals surface area contributed by atoms with Crippen molar-refractivity contribution in [2.75, 3.05) is 11.4 Å². The van der Waals surface area contributed by atoms with Crippen LogP contribution < -0.4 is 4.90 Å². The number of amides is 1. The number of carbonyl (C=O) groups excluding carboxylic acids is 2. The lowest BCUT2D eigenvalue weighted by atomic mass is 9.78. The summed E-state index contributed by atoms with van der Waals surface area (Å²) in [5.74, 6) is -0.749. The fourth-order valence-corrected chi connectivity index (χ4v) is 4.31. The van der Waals surface area contributed by atoms with Crippen LogP contribution in [0.1, 0.15) is 36.8 Å². The summed E-state index contributed by atoms with van der Waals surface area (Å²) in [6.45, 7) is 0.976. The van der Waals surface area contributed by atoms with Gasteiger partial charge in [-0.05, 0) is 36.5 Å². The molecule has 0 unspecified atom stereocenters. The van der Waals surface area contributed by atoms with Crippen LogP contribution in [0.15, 0.2) is 54.6 Å². The Bertz CT molecular complexity index is 817. The Balaban J connectivity index is 1.46. The monoisotopic (exact) mass is 363 g/mol. The Labute approximate surface area is 160 Å². The number of carbonyl (C=O) groups is 2. The van der Waals surface area contributed by atoms with Gasteiger partial charge in [0.1, 0.15) is 6.61 Å². The van der Waals surface area contributed by atoms with E-state index in [1.165, 1.54) is 5.56 Å². The summed E-state index contributed by atoms with van der Waals surface area (Å²) in [7, 11) is 0. The molecule has 0 radical (unpaired) electrons. The van der Waals surface area contributed by atoms with Gasteiger partial charge in [0.25, 0.3) is 0 Å². The maximum atomic E-state index is 13.3. The van der Waals surface area contributed by atoms with Gasteiger partial charge >= 0.3 is 5.97 Å². The van der Waals surface area contributed by atoms with Crippen molar-refractivity contribution in [3.8, 4) is 0 Å². The third-order valence-corrected chi connectivity index (χ3v) is 5.76. The Hall–Kier alpha value is -2.62. The number of hydrogen-bond donors (Lipinski definition) is 0. The van der Waals surface area contributed by atoms with Gasteiger partial charge in [-0.2, -0.15) is 0 Å². The van der Waals surface area contributed by atoms with Crippen molar-refractivity contribution >= 4 is 17.6 Å². The smallest absolute Gasteiger partial charge is 0.310 e. The van der Waals surface area contributed by atoms with Gasteiger partial charge in [-0.3, -0.25) is 9.59 Å². The summed E-state index contributed by atoms with van der Waals surface area (Å²) in [6.07, 6.45) is 4.36. The molecule has 2 atom stereocenters. The van der Waals surface area contributed by atoms with Gasteiger partial charge in [-0.1, -0.05) is 61.4 Å². The average molecular weight is 363 g/mol. The van der Waals surface area contributed by atoms with Gasteiger partial charge in [0.2, 0.25) is 5.91 Å². The highest BCUT2D eigenvalue weighted by Crippen LogP contribution is 2.36. The number of nitrogens with zero attached hydrogens (tertiary/aromatic N) is 1. The first-order valence-electron chi connectivity index (χ1n) is 9.84. The first-order valence-corrected chi connectivity index (χ1v) is 9.84. The molecule has 140 valence electrons. The normalized spacial score (nSPS) is 21.6. The van der Waals surface area contributed by atoms with E-state index in [0.717, 1.165) is 43.4 Å². The molecule has 4 nitrogen and oxygen atoms in total. The molecule has 2 aromatic carbocycles. The number of rotatable bonds is 4. The van der Waals surface area contributed by atoms with E-state index < -0.39 is 0 Å². The summed E-state index contributed by atoms with van der Waals surface area (Å²) in [6, 6.07) is 17.8. The highest BCUT2D eigenvalue weighted by Gasteiger charge is 2.40. The average Bonchev–Trinajstić information content (AvgIpc) is 3.16. The third kappa shape index (κ3) is 3.75. The predicted molar refractivity (Wildman–Crippen MR) is 104 cm³/mol. The van der Waals surface area contributed by atoms with E-state index in [0.29, 0.717) is 6.54 Å². The van der Waals surface area contributed by atoms with Gasteiger partial charge in [0, 0.05) is 12.2 Å². The molecule has 1 fully saturated rings. The van der Waals surface area contributed by atoms with Crippen LogP contribution in [0.3, 0.4) is 0 Å². The number of esters is 1. The molecular formula is C23H25NO3. The number of benzene rings is 2. The molecule has 1 aliphatic heterocycles. The minimum atomic E-state index is -0.331. The largest absolute Gasteiger partial charge is 0.461 e. The van der Waals surface area contributed by atoms with Gasteiger partial charge in [-0.15, -0.1) is 0 Å². The number of anilines is 1. The zero-order chi connectivity index (χ0) is 18.6. The van der Waals surface area contributed by atoms with Crippen LogP contribution in [0.4, 0.5) is 5.69 Å². The van der Waals surface area contributed by atoms with Crippen molar-refractivity contribution in [2.45, 2.75) is 38.7 Å². The Morgan fingerprint density at radius 3 is 2.44 bits per heavy atom. The van der Waals surface area contributed by atoms with E-state index in [9.17, 15) is 9.59 Å². The second-order valence-corrected chi connectivity index (χ2v) is 7.46. The molecule has 0 saturated heterocycles. The van der Waals surface area contributed by atoms with E-state index in [1.807, 2.05) is 53.4 Å². The van der Waals surface area contributed by atoms with E-state index in [4.69, 9.17) is 4.74 Å². The lowest BCUT2D eigenvalue weighted by Crippen LogP contribution is -2.42. The molecule has 27 heavy (non-hydrogen) atoms. The van der Waals surface area contributed by atoms with Crippen molar-refractivity contribution in [3.05, 3.63) is 65.7 Å². The van der Waals surface area contributed by atoms with Gasteiger partial charge in [0.05, 0.1) is 11.8 Å². The molecule has 4 heteroatoms. The molecule has 2 aromatic rings. The number of para-hydroxylation sites is 1. The van der Waals surface area contributed by atoms with Crippen molar-refractivity contribution < 1.29 is 14.3 Å². The highest BCUT2D eigenvalue weighted by molar-refractivity contribution is 5.99. The van der Waals surface area contributed by atoms with Crippen molar-refractivity contribution in [2.24, 2.45) is 11.8 Å². The van der Waals surface area contributed by atoms with Crippen LogP contribution in [0, 0.1) is 11.8 Å². The summed E-state index contributed by atoms with van der Waals surface area (Å²) in [5.41, 5.74) is 3.19. The van der Waals surface area contributed by atoms with E-state index >= 15 is 0 Å². The molecule has 1 aliphatic carbocycles. The fraction of sp³-hybridized carbons (Fsp3) is 0.391. The maximum Gasteiger partial charge on any atom is 0.310 e. The van der Waals surface area contributed by atoms with Crippen LogP contribution in [-0.2, 0) is 27.4 Å². The molecule has 0 bridgehead atoms. The quantitative estimate of drug-likeness (QED) is 0.768. The number of fused-ring (bicyclic) bond motifs is 1. The summed E-state index contributed by atoms with van der Waals surface area (Å²) >= 11 is 0. The Morgan fingerprint density at radius 1 is 0.926 bits per heavy atom. The molecule has 2 aliphatic rings. The molecule has 1 saturated carbocycles. The van der Waals surface area contributed by atoms with Crippen LogP contribution in [0.5, 0.6) is 0 Å². The van der Waals surface area contributed by atoms with Crippen molar-refractivity contribution in [1.29, 1.82) is 0 Å². The third-order valence-electron chi connectivity index (χ3n) is 5.76. The summed E-state index contributed by atoms with van der Waals surface area (Å²) < 4.78 is 5.57. The maximum absolute atomic E-state index is 13.3. The van der Waals surface area contributed by atoms with Gasteiger partial charge < -0.3 is 9.64 Å². The second kappa shape index (κ2) is 7.95. The first kappa shape index (κ1) is 17.8. The topological polar surface area (TPSA) is 46.6 Å². The fourth-order valence-electron chi connectivity index (χ4n) is 4.31. The molecule has 1 amide bonds. The first-order chi connectivity index (χ1) is 13.2. The van der Waals surface area contributed by atoms with Crippen LogP contribution in [0.25, 0.3) is 0 Å². The van der Waals surface area contributed by atoms with Crippen molar-refractivity contribution in [3.63, 3.8) is 0 Å². The predicted octanol–water partition coefficient (Wildman–Crippen LogP) is 4.13. The Kier molecular flexibility index (Phi) is 5.23. The summed E-state index contributed by atoms with van der Waals surface area (Å²) in [5, 5.41) is 0. The lowest BCUT2D eigenvalue weighted by Gasteiger charge is -2.32. The van der Waals surface area contributed by atoms with Crippen molar-refractivity contribution in [1.82, 2.24) is 0 Å². The van der Waals surface area contributed by atoms with Crippen LogP contribution in [-0.4, -0.2) is 18.4 Å². The van der Waals surface area contributed by atoms with E-state index in [2.05, 4.69) is 6.07 Å². The van der Waals surface area contributed by atoms with Gasteiger partial charge in [-0.25, -0.2) is 0 Å². The molecule has 0 N–H and O–H groups in total. The SMILES string of the molecule is O=C(OCc1ccccc1)[C@@H]1CCCC[C@H]1C(=O)N1CCc2ccccc21. The van der Waals surface area contributed by atoms with Crippen LogP contribution >= 0.6 is 0 Å². The standard InChI is InChI=1S/C23H25NO3/c25-22(24-15-14-18-10-4-7-13-21(18)24)19-11-5-6-12-20(19)23(26)27-16-17-8-2-1-3-9-17/h1-4,7-10,13,19-20H,5-6,11-12,14-16H2/t19-,20-/m1/s1. The van der Waals surface area contributed by atoms with E-state index in [-0.39, 0.29) is 30.3 Å². The summed E-state index contributed by atoms with van der Waals surface area (Å²) in [4.78, 5) is 27.9. The minimum Gasteiger partial charge on any atom is -0.461 e. The molecule has 0 aromatic heterocycles. The second-order valence-electron chi connectivity index (χ2n) is 7.46.